The van der Waals surface area contributed by atoms with Crippen molar-refractivity contribution in [3.63, 3.8) is 0 Å². The van der Waals surface area contributed by atoms with E-state index in [1.165, 1.54) is 29.0 Å². The van der Waals surface area contributed by atoms with Crippen LogP contribution in [-0.2, 0) is 6.42 Å². The van der Waals surface area contributed by atoms with Crippen molar-refractivity contribution in [1.82, 2.24) is 15.3 Å². The fraction of sp³-hybridized carbons (Fsp3) is 0.100. The van der Waals surface area contributed by atoms with Crippen LogP contribution < -0.4 is 5.32 Å². The van der Waals surface area contributed by atoms with Crippen molar-refractivity contribution in [3.8, 4) is 10.6 Å². The molecule has 4 nitrogen and oxygen atoms in total. The molecule has 0 unspecified atom stereocenters. The first kappa shape index (κ1) is 16.5. The number of carbonyl (C=O) groups excluding carboxylic acids is 1. The van der Waals surface area contributed by atoms with E-state index >= 15 is 0 Å². The second kappa shape index (κ2) is 7.09. The van der Waals surface area contributed by atoms with Gasteiger partial charge in [0.05, 0.1) is 6.20 Å². The van der Waals surface area contributed by atoms with Gasteiger partial charge >= 0.3 is 0 Å². The average molecular weight is 365 g/mol. The number of nitrogens with one attached hydrogen (secondary N) is 2. The SMILES string of the molecule is O=C(NCCc1c[nH]c2ccccc12)c1cnc(-c2ccccc2F)s1. The number of carbonyl (C=O) groups is 1. The Hall–Kier alpha value is -2.99. The van der Waals surface area contributed by atoms with Crippen LogP contribution in [-0.4, -0.2) is 22.4 Å². The summed E-state index contributed by atoms with van der Waals surface area (Å²) in [6.07, 6.45) is 4.20. The molecule has 2 aromatic heterocycles. The molecule has 0 fully saturated rings. The zero-order valence-electron chi connectivity index (χ0n) is 13.8. The van der Waals surface area contributed by atoms with Gasteiger partial charge in [-0.25, -0.2) is 9.37 Å². The van der Waals surface area contributed by atoms with E-state index in [4.69, 9.17) is 0 Å². The van der Waals surface area contributed by atoms with Gasteiger partial charge in [-0.2, -0.15) is 0 Å². The number of fused-ring (bicyclic) bond motifs is 1. The van der Waals surface area contributed by atoms with E-state index in [1.807, 2.05) is 24.4 Å². The van der Waals surface area contributed by atoms with Crippen LogP contribution in [0.25, 0.3) is 21.5 Å². The number of benzene rings is 2. The zero-order chi connectivity index (χ0) is 17.9. The number of H-pyrrole nitrogens is 1. The molecule has 0 aliphatic heterocycles. The van der Waals surface area contributed by atoms with E-state index in [0.717, 1.165) is 17.5 Å². The third-order valence-electron chi connectivity index (χ3n) is 4.19. The summed E-state index contributed by atoms with van der Waals surface area (Å²) in [7, 11) is 0. The highest BCUT2D eigenvalue weighted by Gasteiger charge is 2.14. The summed E-state index contributed by atoms with van der Waals surface area (Å²) in [6, 6.07) is 14.5. The van der Waals surface area contributed by atoms with E-state index in [1.54, 1.807) is 18.2 Å². The van der Waals surface area contributed by atoms with Gasteiger partial charge in [-0.15, -0.1) is 11.3 Å². The van der Waals surface area contributed by atoms with Crippen LogP contribution >= 0.6 is 11.3 Å². The highest BCUT2D eigenvalue weighted by molar-refractivity contribution is 7.16. The van der Waals surface area contributed by atoms with Gasteiger partial charge in [-0.05, 0) is 30.2 Å². The van der Waals surface area contributed by atoms with Gasteiger partial charge in [0.25, 0.3) is 5.91 Å². The lowest BCUT2D eigenvalue weighted by atomic mass is 10.1. The first-order valence-electron chi connectivity index (χ1n) is 8.26. The minimum atomic E-state index is -0.340. The molecule has 4 rings (SSSR count). The van der Waals surface area contributed by atoms with Gasteiger partial charge in [-0.1, -0.05) is 30.3 Å². The fourth-order valence-corrected chi connectivity index (χ4v) is 3.73. The highest BCUT2D eigenvalue weighted by Crippen LogP contribution is 2.27. The summed E-state index contributed by atoms with van der Waals surface area (Å²) in [6.45, 7) is 0.521. The second-order valence-electron chi connectivity index (χ2n) is 5.87. The normalized spacial score (nSPS) is 11.0. The Morgan fingerprint density at radius 2 is 1.96 bits per heavy atom. The number of hydrogen-bond donors (Lipinski definition) is 2. The van der Waals surface area contributed by atoms with Gasteiger partial charge in [-0.3, -0.25) is 4.79 Å². The number of rotatable bonds is 5. The maximum absolute atomic E-state index is 13.8. The molecular formula is C20H16FN3OS. The molecule has 0 bridgehead atoms. The Labute approximate surface area is 153 Å². The van der Waals surface area contributed by atoms with Crippen LogP contribution in [0.1, 0.15) is 15.2 Å². The molecule has 0 radical (unpaired) electrons. The Bertz CT molecular complexity index is 1070. The standard InChI is InChI=1S/C20H16FN3OS/c21-16-7-3-1-6-15(16)20-24-12-18(26-20)19(25)22-10-9-13-11-23-17-8-4-2-5-14(13)17/h1-8,11-12,23H,9-10H2,(H,22,25). The Morgan fingerprint density at radius 3 is 2.85 bits per heavy atom. The molecule has 2 heterocycles. The van der Waals surface area contributed by atoms with Crippen molar-refractivity contribution < 1.29 is 9.18 Å². The lowest BCUT2D eigenvalue weighted by molar-refractivity contribution is 0.0958. The molecule has 26 heavy (non-hydrogen) atoms. The third-order valence-corrected chi connectivity index (χ3v) is 5.22. The molecular weight excluding hydrogens is 349 g/mol. The minimum Gasteiger partial charge on any atom is -0.361 e. The van der Waals surface area contributed by atoms with E-state index in [2.05, 4.69) is 21.4 Å². The summed E-state index contributed by atoms with van der Waals surface area (Å²) in [4.78, 5) is 20.2. The summed E-state index contributed by atoms with van der Waals surface area (Å²) in [5.74, 6) is -0.530. The Morgan fingerprint density at radius 1 is 1.15 bits per heavy atom. The zero-order valence-corrected chi connectivity index (χ0v) is 14.6. The van der Waals surface area contributed by atoms with E-state index in [0.29, 0.717) is 22.0 Å². The fourth-order valence-electron chi connectivity index (χ4n) is 2.87. The van der Waals surface area contributed by atoms with E-state index < -0.39 is 0 Å². The number of thiazole rings is 1. The lowest BCUT2D eigenvalue weighted by Gasteiger charge is -2.03. The monoisotopic (exact) mass is 365 g/mol. The molecule has 0 saturated carbocycles. The van der Waals surface area contributed by atoms with Gasteiger partial charge < -0.3 is 10.3 Å². The Balaban J connectivity index is 1.40. The number of para-hydroxylation sites is 1. The second-order valence-corrected chi connectivity index (χ2v) is 6.91. The van der Waals surface area contributed by atoms with Crippen molar-refractivity contribution in [1.29, 1.82) is 0 Å². The summed E-state index contributed by atoms with van der Waals surface area (Å²) in [5.41, 5.74) is 2.67. The average Bonchev–Trinajstić information content (AvgIpc) is 3.30. The van der Waals surface area contributed by atoms with Gasteiger partial charge in [0.1, 0.15) is 15.7 Å². The molecule has 2 aromatic carbocycles. The quantitative estimate of drug-likeness (QED) is 0.551. The van der Waals surface area contributed by atoms with Gasteiger partial charge in [0, 0.05) is 29.2 Å². The molecule has 6 heteroatoms. The van der Waals surface area contributed by atoms with Crippen LogP contribution in [0, 0.1) is 5.82 Å². The molecule has 0 spiro atoms. The Kier molecular flexibility index (Phi) is 4.50. The number of hydrogen-bond acceptors (Lipinski definition) is 3. The van der Waals surface area contributed by atoms with Crippen LogP contribution in [0.3, 0.4) is 0 Å². The first-order valence-corrected chi connectivity index (χ1v) is 9.08. The highest BCUT2D eigenvalue weighted by atomic mass is 32.1. The van der Waals surface area contributed by atoms with Crippen LogP contribution in [0.4, 0.5) is 4.39 Å². The number of aromatic nitrogens is 2. The summed E-state index contributed by atoms with van der Waals surface area (Å²) < 4.78 is 13.8. The molecule has 4 aromatic rings. The van der Waals surface area contributed by atoms with Crippen LogP contribution in [0.5, 0.6) is 0 Å². The lowest BCUT2D eigenvalue weighted by Crippen LogP contribution is -2.24. The molecule has 0 aliphatic rings. The number of nitrogens with zero attached hydrogens (tertiary/aromatic N) is 1. The first-order chi connectivity index (χ1) is 12.7. The molecule has 0 atom stereocenters. The summed E-state index contributed by atoms with van der Waals surface area (Å²) >= 11 is 1.19. The van der Waals surface area contributed by atoms with Crippen molar-refractivity contribution in [2.24, 2.45) is 0 Å². The van der Waals surface area contributed by atoms with Gasteiger partial charge in [0.2, 0.25) is 0 Å². The predicted octanol–water partition coefficient (Wildman–Crippen LogP) is 4.40. The van der Waals surface area contributed by atoms with Crippen LogP contribution in [0.2, 0.25) is 0 Å². The van der Waals surface area contributed by atoms with E-state index in [9.17, 15) is 9.18 Å². The molecule has 0 saturated heterocycles. The third kappa shape index (κ3) is 3.23. The number of amides is 1. The predicted molar refractivity (Wildman–Crippen MR) is 102 cm³/mol. The van der Waals surface area contributed by atoms with Crippen molar-refractivity contribution in [2.75, 3.05) is 6.54 Å². The number of aromatic amines is 1. The molecule has 130 valence electrons. The molecule has 1 amide bonds. The molecule has 2 N–H and O–H groups in total. The number of halogens is 1. The smallest absolute Gasteiger partial charge is 0.263 e. The van der Waals surface area contributed by atoms with Crippen molar-refractivity contribution in [2.45, 2.75) is 6.42 Å². The largest absolute Gasteiger partial charge is 0.361 e. The summed E-state index contributed by atoms with van der Waals surface area (Å²) in [5, 5.41) is 4.58. The molecule has 0 aliphatic carbocycles. The topological polar surface area (TPSA) is 57.8 Å². The minimum absolute atomic E-state index is 0.190. The van der Waals surface area contributed by atoms with Gasteiger partial charge in [0.15, 0.2) is 0 Å². The van der Waals surface area contributed by atoms with E-state index in [-0.39, 0.29) is 11.7 Å². The maximum Gasteiger partial charge on any atom is 0.263 e. The van der Waals surface area contributed by atoms with Crippen molar-refractivity contribution >= 4 is 28.1 Å². The maximum atomic E-state index is 13.8. The van der Waals surface area contributed by atoms with Crippen LogP contribution in [0.15, 0.2) is 60.9 Å². The van der Waals surface area contributed by atoms with Crippen molar-refractivity contribution in [3.05, 3.63) is 77.2 Å².